The minimum Gasteiger partial charge on any atom is -0.436 e. The van der Waals surface area contributed by atoms with Crippen LogP contribution in [0.15, 0.2) is 4.42 Å². The van der Waals surface area contributed by atoms with Gasteiger partial charge in [-0.25, -0.2) is 4.98 Å². The van der Waals surface area contributed by atoms with Crippen molar-refractivity contribution >= 4 is 5.91 Å². The summed E-state index contributed by atoms with van der Waals surface area (Å²) in [6.45, 7) is 4.99. The Balaban J connectivity index is 2.74. The van der Waals surface area contributed by atoms with Gasteiger partial charge in [0.15, 0.2) is 5.89 Å². The van der Waals surface area contributed by atoms with E-state index in [1.807, 2.05) is 0 Å². The zero-order valence-corrected chi connectivity index (χ0v) is 8.50. The van der Waals surface area contributed by atoms with E-state index >= 15 is 0 Å². The molecule has 0 unspecified atom stereocenters. The van der Waals surface area contributed by atoms with E-state index in [4.69, 9.17) is 9.52 Å². The van der Waals surface area contributed by atoms with Gasteiger partial charge >= 0.3 is 0 Å². The topological polar surface area (TPSA) is 75.4 Å². The fourth-order valence-corrected chi connectivity index (χ4v) is 1.08. The van der Waals surface area contributed by atoms with E-state index in [-0.39, 0.29) is 24.3 Å². The van der Waals surface area contributed by atoms with E-state index in [0.717, 1.165) is 0 Å². The number of aliphatic hydroxyl groups excluding tert-OH is 1. The molecule has 1 heterocycles. The third-order valence-corrected chi connectivity index (χ3v) is 1.76. The molecule has 5 nitrogen and oxygen atoms in total. The minimum atomic E-state index is -0.343. The number of rotatable bonds is 3. The number of amides is 1. The van der Waals surface area contributed by atoms with Crippen molar-refractivity contribution in [1.82, 2.24) is 10.3 Å². The summed E-state index contributed by atoms with van der Waals surface area (Å²) in [5, 5.41) is 11.3. The third kappa shape index (κ3) is 2.32. The number of hydrogen-bond acceptors (Lipinski definition) is 4. The zero-order chi connectivity index (χ0) is 10.7. The SMILES string of the molecule is Cc1nc(C)c(C(=O)N[C@H](C)CO)o1. The molecule has 1 amide bonds. The quantitative estimate of drug-likeness (QED) is 0.737. The molecule has 1 atom stereocenters. The Bertz CT molecular complexity index is 333. The third-order valence-electron chi connectivity index (χ3n) is 1.76. The Hall–Kier alpha value is -1.36. The number of aromatic nitrogens is 1. The molecule has 1 rings (SSSR count). The van der Waals surface area contributed by atoms with E-state index in [1.165, 1.54) is 0 Å². The van der Waals surface area contributed by atoms with Crippen LogP contribution in [0.2, 0.25) is 0 Å². The molecule has 2 N–H and O–H groups in total. The normalized spacial score (nSPS) is 12.6. The standard InChI is InChI=1S/C9H14N2O3/c1-5(4-12)10-9(13)8-6(2)11-7(3)14-8/h5,12H,4H2,1-3H3,(H,10,13)/t5-/m1/s1. The highest BCUT2D eigenvalue weighted by Crippen LogP contribution is 2.08. The first-order valence-electron chi connectivity index (χ1n) is 4.40. The maximum atomic E-state index is 11.5. The van der Waals surface area contributed by atoms with Crippen LogP contribution in [0.25, 0.3) is 0 Å². The molecule has 1 aromatic heterocycles. The number of carbonyl (C=O) groups is 1. The summed E-state index contributed by atoms with van der Waals surface area (Å²) in [5.74, 6) is 0.330. The van der Waals surface area contributed by atoms with Gasteiger partial charge in [0.2, 0.25) is 5.76 Å². The molecular formula is C9H14N2O3. The summed E-state index contributed by atoms with van der Waals surface area (Å²) in [4.78, 5) is 15.5. The van der Waals surface area contributed by atoms with Gasteiger partial charge in [-0.05, 0) is 13.8 Å². The summed E-state index contributed by atoms with van der Waals surface area (Å²) in [5.41, 5.74) is 0.560. The molecule has 1 aromatic rings. The number of aliphatic hydroxyl groups is 1. The second-order valence-corrected chi connectivity index (χ2v) is 3.20. The van der Waals surface area contributed by atoms with Gasteiger partial charge in [-0.3, -0.25) is 4.79 Å². The van der Waals surface area contributed by atoms with Gasteiger partial charge in [-0.15, -0.1) is 0 Å². The average molecular weight is 198 g/mol. The van der Waals surface area contributed by atoms with E-state index in [0.29, 0.717) is 11.6 Å². The van der Waals surface area contributed by atoms with Crippen LogP contribution in [0.1, 0.15) is 29.1 Å². The number of aryl methyl sites for hydroxylation is 2. The Morgan fingerprint density at radius 2 is 2.29 bits per heavy atom. The lowest BCUT2D eigenvalue weighted by Gasteiger charge is -2.08. The lowest BCUT2D eigenvalue weighted by molar-refractivity contribution is 0.0892. The van der Waals surface area contributed by atoms with Crippen molar-refractivity contribution in [3.05, 3.63) is 17.3 Å². The molecule has 14 heavy (non-hydrogen) atoms. The molecule has 0 aliphatic rings. The fraction of sp³-hybridized carbons (Fsp3) is 0.556. The molecule has 0 aromatic carbocycles. The highest BCUT2D eigenvalue weighted by Gasteiger charge is 2.16. The molecule has 0 saturated heterocycles. The smallest absolute Gasteiger partial charge is 0.289 e. The Morgan fingerprint density at radius 3 is 2.71 bits per heavy atom. The minimum absolute atomic E-state index is 0.0993. The van der Waals surface area contributed by atoms with Gasteiger partial charge in [0.05, 0.1) is 12.3 Å². The molecule has 5 heteroatoms. The predicted molar refractivity (Wildman–Crippen MR) is 50.0 cm³/mol. The number of carbonyl (C=O) groups excluding carboxylic acids is 1. The van der Waals surface area contributed by atoms with Crippen LogP contribution in [-0.2, 0) is 0 Å². The largest absolute Gasteiger partial charge is 0.436 e. The van der Waals surface area contributed by atoms with E-state index in [2.05, 4.69) is 10.3 Å². The van der Waals surface area contributed by atoms with Crippen molar-refractivity contribution in [1.29, 1.82) is 0 Å². The van der Waals surface area contributed by atoms with E-state index in [9.17, 15) is 4.79 Å². The van der Waals surface area contributed by atoms with Gasteiger partial charge in [0, 0.05) is 13.0 Å². The van der Waals surface area contributed by atoms with E-state index < -0.39 is 0 Å². The first-order chi connectivity index (χ1) is 6.54. The second kappa shape index (κ2) is 4.23. The summed E-state index contributed by atoms with van der Waals surface area (Å²) < 4.78 is 5.12. The molecule has 0 aliphatic carbocycles. The van der Waals surface area contributed by atoms with Crippen molar-refractivity contribution in [3.63, 3.8) is 0 Å². The summed E-state index contributed by atoms with van der Waals surface area (Å²) in [7, 11) is 0. The lowest BCUT2D eigenvalue weighted by atomic mass is 10.3. The first kappa shape index (κ1) is 10.7. The van der Waals surface area contributed by atoms with Gasteiger partial charge in [-0.2, -0.15) is 0 Å². The van der Waals surface area contributed by atoms with Crippen LogP contribution in [-0.4, -0.2) is 28.6 Å². The molecule has 0 aliphatic heterocycles. The van der Waals surface area contributed by atoms with Crippen LogP contribution in [0, 0.1) is 13.8 Å². The molecule has 0 radical (unpaired) electrons. The van der Waals surface area contributed by atoms with Gasteiger partial charge in [0.1, 0.15) is 0 Å². The highest BCUT2D eigenvalue weighted by atomic mass is 16.4. The van der Waals surface area contributed by atoms with Crippen LogP contribution in [0.4, 0.5) is 0 Å². The molecule has 78 valence electrons. The Morgan fingerprint density at radius 1 is 1.64 bits per heavy atom. The van der Waals surface area contributed by atoms with Crippen molar-refractivity contribution in [2.24, 2.45) is 0 Å². The van der Waals surface area contributed by atoms with Gasteiger partial charge in [-0.1, -0.05) is 0 Å². The lowest BCUT2D eigenvalue weighted by Crippen LogP contribution is -2.35. The maximum Gasteiger partial charge on any atom is 0.289 e. The second-order valence-electron chi connectivity index (χ2n) is 3.20. The van der Waals surface area contributed by atoms with Crippen LogP contribution in [0.5, 0.6) is 0 Å². The molecule has 0 spiro atoms. The number of nitrogens with one attached hydrogen (secondary N) is 1. The van der Waals surface area contributed by atoms with Gasteiger partial charge in [0.25, 0.3) is 5.91 Å². The van der Waals surface area contributed by atoms with Crippen molar-refractivity contribution in [2.45, 2.75) is 26.8 Å². The predicted octanol–water partition coefficient (Wildman–Crippen LogP) is 0.402. The van der Waals surface area contributed by atoms with Crippen LogP contribution in [0.3, 0.4) is 0 Å². The molecule has 0 fully saturated rings. The monoisotopic (exact) mass is 198 g/mol. The van der Waals surface area contributed by atoms with Crippen molar-refractivity contribution in [2.75, 3.05) is 6.61 Å². The maximum absolute atomic E-state index is 11.5. The summed E-state index contributed by atoms with van der Waals surface area (Å²) in [6, 6.07) is -0.285. The van der Waals surface area contributed by atoms with Crippen LogP contribution < -0.4 is 5.32 Å². The number of oxazole rings is 1. The Kier molecular flexibility index (Phi) is 3.24. The zero-order valence-electron chi connectivity index (χ0n) is 8.50. The van der Waals surface area contributed by atoms with Crippen LogP contribution >= 0.6 is 0 Å². The highest BCUT2D eigenvalue weighted by molar-refractivity contribution is 5.92. The first-order valence-corrected chi connectivity index (χ1v) is 4.40. The number of nitrogens with zero attached hydrogens (tertiary/aromatic N) is 1. The van der Waals surface area contributed by atoms with E-state index in [1.54, 1.807) is 20.8 Å². The summed E-state index contributed by atoms with van der Waals surface area (Å²) in [6.07, 6.45) is 0. The summed E-state index contributed by atoms with van der Waals surface area (Å²) >= 11 is 0. The fourth-order valence-electron chi connectivity index (χ4n) is 1.08. The number of hydrogen-bond donors (Lipinski definition) is 2. The van der Waals surface area contributed by atoms with Crippen molar-refractivity contribution < 1.29 is 14.3 Å². The molecule has 0 bridgehead atoms. The van der Waals surface area contributed by atoms with Crippen molar-refractivity contribution in [3.8, 4) is 0 Å². The molecular weight excluding hydrogens is 184 g/mol. The van der Waals surface area contributed by atoms with Gasteiger partial charge < -0.3 is 14.8 Å². The Labute approximate surface area is 82.1 Å². The molecule has 0 saturated carbocycles. The average Bonchev–Trinajstić information content (AvgIpc) is 2.45.